The number of hydrogen-bond acceptors (Lipinski definition) is 4. The standard InChI is InChI=1S/C13H14N4O2/c1-10-7-8-17(15-10)9-12(18)19-16-13(14)11-5-3-2-4-6-11/h2-8H,9H2,1H3,(H2,14,16). The van der Waals surface area contributed by atoms with Gasteiger partial charge in [-0.15, -0.1) is 0 Å². The number of carbonyl (C=O) groups is 1. The van der Waals surface area contributed by atoms with Gasteiger partial charge in [0.15, 0.2) is 5.84 Å². The molecule has 1 heterocycles. The van der Waals surface area contributed by atoms with Crippen LogP contribution in [-0.4, -0.2) is 21.6 Å². The molecule has 2 aromatic rings. The normalized spacial score (nSPS) is 11.3. The van der Waals surface area contributed by atoms with Gasteiger partial charge in [0.1, 0.15) is 6.54 Å². The van der Waals surface area contributed by atoms with E-state index in [0.717, 1.165) is 5.69 Å². The third-order valence-electron chi connectivity index (χ3n) is 2.38. The van der Waals surface area contributed by atoms with Crippen molar-refractivity contribution < 1.29 is 9.63 Å². The van der Waals surface area contributed by atoms with Crippen LogP contribution in [0.1, 0.15) is 11.3 Å². The van der Waals surface area contributed by atoms with Gasteiger partial charge in [0.05, 0.1) is 5.69 Å². The van der Waals surface area contributed by atoms with E-state index < -0.39 is 5.97 Å². The molecule has 0 fully saturated rings. The summed E-state index contributed by atoms with van der Waals surface area (Å²) in [4.78, 5) is 16.2. The molecule has 0 radical (unpaired) electrons. The predicted octanol–water partition coefficient (Wildman–Crippen LogP) is 1.06. The minimum absolute atomic E-state index is 0.000586. The first-order valence-electron chi connectivity index (χ1n) is 5.74. The first kappa shape index (κ1) is 12.8. The average Bonchev–Trinajstić information content (AvgIpc) is 2.82. The van der Waals surface area contributed by atoms with Gasteiger partial charge in [-0.2, -0.15) is 5.10 Å². The van der Waals surface area contributed by atoms with Crippen molar-refractivity contribution in [2.45, 2.75) is 13.5 Å². The van der Waals surface area contributed by atoms with Crippen LogP contribution in [0.2, 0.25) is 0 Å². The van der Waals surface area contributed by atoms with E-state index in [1.54, 1.807) is 24.4 Å². The Morgan fingerprint density at radius 3 is 2.74 bits per heavy atom. The summed E-state index contributed by atoms with van der Waals surface area (Å²) < 4.78 is 1.48. The maximum atomic E-state index is 11.5. The lowest BCUT2D eigenvalue weighted by atomic mass is 10.2. The number of oxime groups is 1. The second-order valence-electron chi connectivity index (χ2n) is 3.96. The van der Waals surface area contributed by atoms with E-state index in [4.69, 9.17) is 10.6 Å². The van der Waals surface area contributed by atoms with Crippen LogP contribution in [-0.2, 0) is 16.2 Å². The summed E-state index contributed by atoms with van der Waals surface area (Å²) in [6.07, 6.45) is 1.70. The minimum Gasteiger partial charge on any atom is -0.380 e. The number of hydrogen-bond donors (Lipinski definition) is 1. The molecule has 0 aliphatic carbocycles. The molecule has 0 amide bonds. The molecule has 0 atom stereocenters. The fourth-order valence-electron chi connectivity index (χ4n) is 1.47. The molecule has 0 spiro atoms. The van der Waals surface area contributed by atoms with Crippen molar-refractivity contribution in [1.29, 1.82) is 0 Å². The molecule has 0 aliphatic rings. The Morgan fingerprint density at radius 2 is 2.11 bits per heavy atom. The van der Waals surface area contributed by atoms with Crippen molar-refractivity contribution in [1.82, 2.24) is 9.78 Å². The molecular formula is C13H14N4O2. The second-order valence-corrected chi connectivity index (χ2v) is 3.96. The van der Waals surface area contributed by atoms with E-state index in [0.29, 0.717) is 5.56 Å². The van der Waals surface area contributed by atoms with Crippen LogP contribution < -0.4 is 5.73 Å². The Labute approximate surface area is 110 Å². The number of benzene rings is 1. The maximum absolute atomic E-state index is 11.5. The van der Waals surface area contributed by atoms with Crippen LogP contribution >= 0.6 is 0 Å². The Balaban J connectivity index is 1.93. The maximum Gasteiger partial charge on any atom is 0.356 e. The number of nitrogens with two attached hydrogens (primary N) is 1. The summed E-state index contributed by atoms with van der Waals surface area (Å²) in [5.41, 5.74) is 7.22. The molecule has 2 rings (SSSR count). The van der Waals surface area contributed by atoms with Crippen molar-refractivity contribution in [3.05, 3.63) is 53.9 Å². The van der Waals surface area contributed by atoms with Gasteiger partial charge < -0.3 is 10.6 Å². The van der Waals surface area contributed by atoms with E-state index in [1.807, 2.05) is 25.1 Å². The number of carbonyl (C=O) groups excluding carboxylic acids is 1. The zero-order chi connectivity index (χ0) is 13.7. The van der Waals surface area contributed by atoms with Gasteiger partial charge in [0, 0.05) is 11.8 Å². The van der Waals surface area contributed by atoms with Gasteiger partial charge in [-0.25, -0.2) is 4.79 Å². The van der Waals surface area contributed by atoms with Gasteiger partial charge >= 0.3 is 5.97 Å². The summed E-state index contributed by atoms with van der Waals surface area (Å²) >= 11 is 0. The monoisotopic (exact) mass is 258 g/mol. The van der Waals surface area contributed by atoms with Crippen molar-refractivity contribution in [3.8, 4) is 0 Å². The summed E-state index contributed by atoms with van der Waals surface area (Å²) in [5.74, 6) is -0.368. The molecule has 1 aromatic heterocycles. The van der Waals surface area contributed by atoms with Gasteiger partial charge in [-0.05, 0) is 13.0 Å². The van der Waals surface area contributed by atoms with Crippen molar-refractivity contribution >= 4 is 11.8 Å². The minimum atomic E-state index is -0.526. The second kappa shape index (κ2) is 5.81. The lowest BCUT2D eigenvalue weighted by molar-refractivity contribution is -0.144. The Hall–Kier alpha value is -2.63. The van der Waals surface area contributed by atoms with Crippen LogP contribution in [0.4, 0.5) is 0 Å². The topological polar surface area (TPSA) is 82.5 Å². The molecule has 0 unspecified atom stereocenters. The number of rotatable bonds is 4. The highest BCUT2D eigenvalue weighted by Crippen LogP contribution is 1.99. The molecule has 0 aliphatic heterocycles. The zero-order valence-electron chi connectivity index (χ0n) is 10.5. The largest absolute Gasteiger partial charge is 0.380 e. The average molecular weight is 258 g/mol. The smallest absolute Gasteiger partial charge is 0.356 e. The van der Waals surface area contributed by atoms with E-state index in [9.17, 15) is 4.79 Å². The lowest BCUT2D eigenvalue weighted by Crippen LogP contribution is -2.17. The van der Waals surface area contributed by atoms with Crippen molar-refractivity contribution in [3.63, 3.8) is 0 Å². The molecule has 0 bridgehead atoms. The quantitative estimate of drug-likeness (QED) is 0.384. The summed E-state index contributed by atoms with van der Waals surface area (Å²) in [7, 11) is 0. The summed E-state index contributed by atoms with van der Waals surface area (Å²) in [6.45, 7) is 1.84. The van der Waals surface area contributed by atoms with Crippen LogP contribution in [0.5, 0.6) is 0 Å². The molecular weight excluding hydrogens is 244 g/mol. The van der Waals surface area contributed by atoms with Crippen molar-refractivity contribution in [2.75, 3.05) is 0 Å². The number of nitrogens with zero attached hydrogens (tertiary/aromatic N) is 3. The van der Waals surface area contributed by atoms with Crippen LogP contribution in [0.3, 0.4) is 0 Å². The van der Waals surface area contributed by atoms with E-state index in [2.05, 4.69) is 10.3 Å². The predicted molar refractivity (Wildman–Crippen MR) is 70.2 cm³/mol. The lowest BCUT2D eigenvalue weighted by Gasteiger charge is -2.01. The summed E-state index contributed by atoms with van der Waals surface area (Å²) in [5, 5.41) is 7.67. The number of aryl methyl sites for hydroxylation is 1. The fourth-order valence-corrected chi connectivity index (χ4v) is 1.47. The third kappa shape index (κ3) is 3.67. The SMILES string of the molecule is Cc1ccn(CC(=O)O/N=C(\N)c2ccccc2)n1. The molecule has 1 aromatic carbocycles. The Morgan fingerprint density at radius 1 is 1.37 bits per heavy atom. The third-order valence-corrected chi connectivity index (χ3v) is 2.38. The molecule has 19 heavy (non-hydrogen) atoms. The highest BCUT2D eigenvalue weighted by Gasteiger charge is 2.06. The molecule has 0 saturated carbocycles. The van der Waals surface area contributed by atoms with E-state index in [-0.39, 0.29) is 12.4 Å². The molecule has 6 nitrogen and oxygen atoms in total. The van der Waals surface area contributed by atoms with Crippen molar-refractivity contribution in [2.24, 2.45) is 10.9 Å². The van der Waals surface area contributed by atoms with Gasteiger partial charge in [-0.1, -0.05) is 35.5 Å². The molecule has 2 N–H and O–H groups in total. The highest BCUT2D eigenvalue weighted by molar-refractivity contribution is 5.97. The highest BCUT2D eigenvalue weighted by atomic mass is 16.7. The van der Waals surface area contributed by atoms with Gasteiger partial charge in [0.25, 0.3) is 0 Å². The van der Waals surface area contributed by atoms with Gasteiger partial charge in [-0.3, -0.25) is 4.68 Å². The zero-order valence-corrected chi connectivity index (χ0v) is 10.5. The van der Waals surface area contributed by atoms with Crippen LogP contribution in [0.15, 0.2) is 47.8 Å². The summed E-state index contributed by atoms with van der Waals surface area (Å²) in [6, 6.07) is 10.9. The van der Waals surface area contributed by atoms with E-state index in [1.165, 1.54) is 4.68 Å². The fraction of sp³-hybridized carbons (Fsp3) is 0.154. The molecule has 98 valence electrons. The van der Waals surface area contributed by atoms with Crippen LogP contribution in [0, 0.1) is 6.92 Å². The van der Waals surface area contributed by atoms with Crippen LogP contribution in [0.25, 0.3) is 0 Å². The Bertz CT molecular complexity index is 590. The van der Waals surface area contributed by atoms with E-state index >= 15 is 0 Å². The molecule has 6 heteroatoms. The van der Waals surface area contributed by atoms with Gasteiger partial charge in [0.2, 0.25) is 0 Å². The Kier molecular flexibility index (Phi) is 3.92. The number of amidine groups is 1. The first-order chi connectivity index (χ1) is 9.15. The molecule has 0 saturated heterocycles. The number of aromatic nitrogens is 2. The first-order valence-corrected chi connectivity index (χ1v) is 5.74.